The first-order valence-corrected chi connectivity index (χ1v) is 8.36. The van der Waals surface area contributed by atoms with Crippen molar-refractivity contribution in [1.29, 1.82) is 0 Å². The van der Waals surface area contributed by atoms with Crippen molar-refractivity contribution in [2.24, 2.45) is 11.7 Å². The van der Waals surface area contributed by atoms with Crippen molar-refractivity contribution in [1.82, 2.24) is 9.88 Å². The molecular weight excluding hydrogens is 314 g/mol. The standard InChI is InChI=1S/C17H25N3O2.ClH/c1-11(18)13-6-4-8-20(10-13)17(22)14-9-12-5-2-3-7-15(12)19-16(14)21;/h9,11,13H,2-8,10,18H2,1H3,(H,19,21);1H. The van der Waals surface area contributed by atoms with Crippen molar-refractivity contribution in [3.05, 3.63) is 33.2 Å². The third kappa shape index (κ3) is 3.78. The number of hydrogen-bond acceptors (Lipinski definition) is 3. The monoisotopic (exact) mass is 339 g/mol. The van der Waals surface area contributed by atoms with E-state index in [1.54, 1.807) is 4.90 Å². The third-order valence-electron chi connectivity index (χ3n) is 5.06. The molecule has 1 aliphatic heterocycles. The molecule has 0 radical (unpaired) electrons. The molecule has 2 atom stereocenters. The van der Waals surface area contributed by atoms with Crippen LogP contribution in [-0.4, -0.2) is 34.9 Å². The lowest BCUT2D eigenvalue weighted by Gasteiger charge is -2.34. The van der Waals surface area contributed by atoms with Gasteiger partial charge in [0, 0.05) is 24.8 Å². The number of amides is 1. The molecule has 5 nitrogen and oxygen atoms in total. The summed E-state index contributed by atoms with van der Waals surface area (Å²) in [6, 6.07) is 1.91. The molecule has 2 heterocycles. The summed E-state index contributed by atoms with van der Waals surface area (Å²) >= 11 is 0. The third-order valence-corrected chi connectivity index (χ3v) is 5.06. The number of nitrogens with two attached hydrogens (primary N) is 1. The first kappa shape index (κ1) is 18.0. The topological polar surface area (TPSA) is 79.2 Å². The van der Waals surface area contributed by atoms with Crippen LogP contribution < -0.4 is 11.3 Å². The van der Waals surface area contributed by atoms with Crippen LogP contribution in [0.2, 0.25) is 0 Å². The zero-order chi connectivity index (χ0) is 15.7. The quantitative estimate of drug-likeness (QED) is 0.863. The number of halogens is 1. The Labute approximate surface area is 143 Å². The van der Waals surface area contributed by atoms with E-state index in [4.69, 9.17) is 5.73 Å². The van der Waals surface area contributed by atoms with Gasteiger partial charge in [0.05, 0.1) is 0 Å². The Morgan fingerprint density at radius 3 is 2.83 bits per heavy atom. The predicted molar refractivity (Wildman–Crippen MR) is 93.2 cm³/mol. The largest absolute Gasteiger partial charge is 0.338 e. The number of piperidine rings is 1. The first-order valence-electron chi connectivity index (χ1n) is 8.36. The van der Waals surface area contributed by atoms with Gasteiger partial charge < -0.3 is 15.6 Å². The smallest absolute Gasteiger partial charge is 0.261 e. The lowest BCUT2D eigenvalue weighted by molar-refractivity contribution is 0.0659. The molecule has 0 spiro atoms. The summed E-state index contributed by atoms with van der Waals surface area (Å²) in [5.74, 6) is 0.189. The van der Waals surface area contributed by atoms with E-state index < -0.39 is 0 Å². The molecule has 1 amide bonds. The fourth-order valence-corrected chi connectivity index (χ4v) is 3.63. The van der Waals surface area contributed by atoms with Crippen LogP contribution in [0.4, 0.5) is 0 Å². The van der Waals surface area contributed by atoms with Gasteiger partial charge in [-0.15, -0.1) is 12.4 Å². The van der Waals surface area contributed by atoms with Gasteiger partial charge in [-0.05, 0) is 63.0 Å². The van der Waals surface area contributed by atoms with Crippen molar-refractivity contribution in [3.63, 3.8) is 0 Å². The first-order chi connectivity index (χ1) is 10.6. The number of likely N-dealkylation sites (tertiary alicyclic amines) is 1. The summed E-state index contributed by atoms with van der Waals surface area (Å²) in [5, 5.41) is 0. The maximum atomic E-state index is 12.7. The highest BCUT2D eigenvalue weighted by molar-refractivity contribution is 5.94. The van der Waals surface area contributed by atoms with Crippen LogP contribution in [0.5, 0.6) is 0 Å². The van der Waals surface area contributed by atoms with Gasteiger partial charge in [-0.3, -0.25) is 9.59 Å². The van der Waals surface area contributed by atoms with Crippen LogP contribution in [-0.2, 0) is 12.8 Å². The highest BCUT2D eigenvalue weighted by Crippen LogP contribution is 2.22. The van der Waals surface area contributed by atoms with E-state index in [1.807, 2.05) is 13.0 Å². The van der Waals surface area contributed by atoms with Crippen LogP contribution in [0.15, 0.2) is 10.9 Å². The van der Waals surface area contributed by atoms with E-state index in [0.29, 0.717) is 18.0 Å². The molecule has 0 bridgehead atoms. The Bertz CT molecular complexity index is 627. The van der Waals surface area contributed by atoms with Gasteiger partial charge in [0.25, 0.3) is 11.5 Å². The summed E-state index contributed by atoms with van der Waals surface area (Å²) in [4.78, 5) is 29.7. The van der Waals surface area contributed by atoms with Gasteiger partial charge in [0.2, 0.25) is 0 Å². The molecule has 23 heavy (non-hydrogen) atoms. The summed E-state index contributed by atoms with van der Waals surface area (Å²) in [5.41, 5.74) is 8.19. The van der Waals surface area contributed by atoms with Gasteiger partial charge in [-0.2, -0.15) is 0 Å². The Morgan fingerprint density at radius 1 is 1.35 bits per heavy atom. The summed E-state index contributed by atoms with van der Waals surface area (Å²) < 4.78 is 0. The minimum atomic E-state index is -0.242. The average molecular weight is 340 g/mol. The second-order valence-electron chi connectivity index (χ2n) is 6.74. The number of fused-ring (bicyclic) bond motifs is 1. The Hall–Kier alpha value is -1.33. The molecule has 2 aliphatic rings. The predicted octanol–water partition coefficient (Wildman–Crippen LogP) is 1.87. The molecule has 0 saturated carbocycles. The summed E-state index contributed by atoms with van der Waals surface area (Å²) in [7, 11) is 0. The number of aromatic nitrogens is 1. The van der Waals surface area contributed by atoms with Crippen LogP contribution >= 0.6 is 12.4 Å². The van der Waals surface area contributed by atoms with E-state index in [9.17, 15) is 9.59 Å². The molecule has 0 aromatic carbocycles. The van der Waals surface area contributed by atoms with E-state index >= 15 is 0 Å². The second-order valence-corrected chi connectivity index (χ2v) is 6.74. The van der Waals surface area contributed by atoms with Crippen molar-refractivity contribution >= 4 is 18.3 Å². The Balaban J connectivity index is 0.00000192. The van der Waals surface area contributed by atoms with Crippen LogP contribution in [0.1, 0.15) is 54.2 Å². The number of aryl methyl sites for hydroxylation is 2. The van der Waals surface area contributed by atoms with Crippen molar-refractivity contribution in [2.45, 2.75) is 51.5 Å². The van der Waals surface area contributed by atoms with Crippen molar-refractivity contribution < 1.29 is 4.79 Å². The highest BCUT2D eigenvalue weighted by atomic mass is 35.5. The molecule has 6 heteroatoms. The molecule has 2 unspecified atom stereocenters. The van der Waals surface area contributed by atoms with Crippen molar-refractivity contribution in [2.75, 3.05) is 13.1 Å². The van der Waals surface area contributed by atoms with E-state index in [0.717, 1.165) is 56.3 Å². The fourth-order valence-electron chi connectivity index (χ4n) is 3.63. The molecule has 1 aromatic heterocycles. The zero-order valence-corrected chi connectivity index (χ0v) is 14.5. The van der Waals surface area contributed by atoms with Gasteiger partial charge in [-0.25, -0.2) is 0 Å². The molecule has 3 N–H and O–H groups in total. The maximum Gasteiger partial charge on any atom is 0.261 e. The number of carbonyl (C=O) groups is 1. The fraction of sp³-hybridized carbons (Fsp3) is 0.647. The highest BCUT2D eigenvalue weighted by Gasteiger charge is 2.28. The molecule has 1 fully saturated rings. The summed E-state index contributed by atoms with van der Waals surface area (Å²) in [6.07, 6.45) is 6.12. The zero-order valence-electron chi connectivity index (χ0n) is 13.6. The molecule has 128 valence electrons. The summed E-state index contributed by atoms with van der Waals surface area (Å²) in [6.45, 7) is 3.37. The molecule has 1 aromatic rings. The second kappa shape index (κ2) is 7.49. The van der Waals surface area contributed by atoms with E-state index in [1.165, 1.54) is 0 Å². The number of nitrogens with zero attached hydrogens (tertiary/aromatic N) is 1. The number of carbonyl (C=O) groups excluding carboxylic acids is 1. The number of nitrogens with one attached hydrogen (secondary N) is 1. The average Bonchev–Trinajstić information content (AvgIpc) is 2.53. The minimum Gasteiger partial charge on any atom is -0.338 e. The van der Waals surface area contributed by atoms with Crippen LogP contribution in [0.25, 0.3) is 0 Å². The van der Waals surface area contributed by atoms with Crippen molar-refractivity contribution in [3.8, 4) is 0 Å². The number of aromatic amines is 1. The van der Waals surface area contributed by atoms with Crippen LogP contribution in [0.3, 0.4) is 0 Å². The number of rotatable bonds is 2. The number of H-pyrrole nitrogens is 1. The Kier molecular flexibility index (Phi) is 5.87. The van der Waals surface area contributed by atoms with Gasteiger partial charge >= 0.3 is 0 Å². The van der Waals surface area contributed by atoms with E-state index in [2.05, 4.69) is 4.98 Å². The maximum absolute atomic E-state index is 12.7. The van der Waals surface area contributed by atoms with Crippen LogP contribution in [0, 0.1) is 5.92 Å². The Morgan fingerprint density at radius 2 is 2.09 bits per heavy atom. The van der Waals surface area contributed by atoms with Gasteiger partial charge in [0.15, 0.2) is 0 Å². The molecule has 1 saturated heterocycles. The molecule has 1 aliphatic carbocycles. The lowest BCUT2D eigenvalue weighted by Crippen LogP contribution is -2.46. The van der Waals surface area contributed by atoms with Gasteiger partial charge in [-0.1, -0.05) is 0 Å². The number of hydrogen-bond donors (Lipinski definition) is 2. The lowest BCUT2D eigenvalue weighted by atomic mass is 9.91. The van der Waals surface area contributed by atoms with E-state index in [-0.39, 0.29) is 29.9 Å². The minimum absolute atomic E-state index is 0. The molecule has 3 rings (SSSR count). The molecular formula is C17H26ClN3O2. The SMILES string of the molecule is CC(N)C1CCCN(C(=O)c2cc3c([nH]c2=O)CCCC3)C1.Cl. The number of pyridine rings is 1. The normalized spacial score (nSPS) is 22.0. The van der Waals surface area contributed by atoms with Gasteiger partial charge in [0.1, 0.15) is 5.56 Å².